The summed E-state index contributed by atoms with van der Waals surface area (Å²) in [7, 11) is -15.9. The van der Waals surface area contributed by atoms with Crippen molar-refractivity contribution in [2.45, 2.75) is 57.7 Å². The zero-order valence-electron chi connectivity index (χ0n) is 18.6. The lowest BCUT2D eigenvalue weighted by Gasteiger charge is -2.28. The highest BCUT2D eigenvalue weighted by atomic mass is 32.3. The van der Waals surface area contributed by atoms with Crippen LogP contribution in [0.5, 0.6) is 0 Å². The third-order valence-electron chi connectivity index (χ3n) is 3.64. The molecule has 1 aromatic rings. The fraction of sp³-hybridized carbons (Fsp3) is 0.800. The summed E-state index contributed by atoms with van der Waals surface area (Å²) < 4.78 is 129. The normalized spacial score (nSPS) is 13.5. The lowest BCUT2D eigenvalue weighted by molar-refractivity contribution is -0.698. The van der Waals surface area contributed by atoms with Crippen molar-refractivity contribution in [2.75, 3.05) is 19.8 Å². The van der Waals surface area contributed by atoms with Crippen molar-refractivity contribution in [3.8, 4) is 0 Å². The molecule has 0 saturated heterocycles. The maximum atomic E-state index is 11.4. The highest BCUT2D eigenvalue weighted by Gasteiger charge is 2.47. The zero-order chi connectivity index (χ0) is 26.8. The van der Waals surface area contributed by atoms with Crippen molar-refractivity contribution in [1.82, 2.24) is 0 Å². The predicted molar refractivity (Wildman–Crippen MR) is 113 cm³/mol. The monoisotopic (exact) mass is 584 g/mol. The van der Waals surface area contributed by atoms with Crippen molar-refractivity contribution in [1.29, 1.82) is 0 Å². The molecule has 19 heteroatoms. The van der Waals surface area contributed by atoms with Crippen LogP contribution in [0.4, 0.5) is 26.3 Å². The van der Waals surface area contributed by atoms with E-state index in [2.05, 4.69) is 22.4 Å². The van der Waals surface area contributed by atoms with Gasteiger partial charge in [-0.3, -0.25) is 0 Å². The Labute approximate surface area is 199 Å². The molecule has 9 nitrogen and oxygen atoms in total. The molecule has 0 aliphatic heterocycles. The number of halogens is 6. The molecular weight excluding hydrogens is 558 g/mol. The molecule has 0 radical (unpaired) electrons. The SMILES string of the molecule is CCO[Si](CCC[n+]1cscc1C)(OCC)OCC.O=S(=O)([N-]S(=O)(=O)C(F)(F)F)C(F)(F)F. The van der Waals surface area contributed by atoms with Gasteiger partial charge in [0.2, 0.25) is 5.51 Å². The number of aryl methyl sites for hydroxylation is 2. The lowest BCUT2D eigenvalue weighted by Crippen LogP contribution is -2.47. The Kier molecular flexibility index (Phi) is 13.1. The van der Waals surface area contributed by atoms with Crippen LogP contribution in [0.3, 0.4) is 0 Å². The molecule has 1 aromatic heterocycles. The first-order chi connectivity index (χ1) is 15.4. The number of nitrogens with zero attached hydrogens (tertiary/aromatic N) is 2. The summed E-state index contributed by atoms with van der Waals surface area (Å²) in [6, 6.07) is 0.880. The highest BCUT2D eigenvalue weighted by molar-refractivity contribution is 8.13. The zero-order valence-corrected chi connectivity index (χ0v) is 22.1. The van der Waals surface area contributed by atoms with E-state index in [-0.39, 0.29) is 0 Å². The average molecular weight is 585 g/mol. The van der Waals surface area contributed by atoms with E-state index in [0.717, 1.165) is 23.1 Å². The van der Waals surface area contributed by atoms with E-state index in [0.29, 0.717) is 19.8 Å². The summed E-state index contributed by atoms with van der Waals surface area (Å²) in [5.41, 5.74) is -8.95. The summed E-state index contributed by atoms with van der Waals surface area (Å²) >= 11 is 1.74. The first-order valence-electron chi connectivity index (χ1n) is 9.59. The molecule has 0 amide bonds. The minimum atomic E-state index is -6.72. The van der Waals surface area contributed by atoms with Crippen molar-refractivity contribution in [3.05, 3.63) is 20.7 Å². The summed E-state index contributed by atoms with van der Waals surface area (Å²) in [5, 5.41) is 2.16. The number of sulfonamides is 2. The molecule has 0 fully saturated rings. The maximum absolute atomic E-state index is 11.4. The van der Waals surface area contributed by atoms with Crippen LogP contribution in [0, 0.1) is 6.92 Å². The van der Waals surface area contributed by atoms with E-state index in [1.807, 2.05) is 20.8 Å². The van der Waals surface area contributed by atoms with Gasteiger partial charge in [0, 0.05) is 39.2 Å². The van der Waals surface area contributed by atoms with Gasteiger partial charge >= 0.3 is 19.8 Å². The minimum absolute atomic E-state index is 0.650. The van der Waals surface area contributed by atoms with Gasteiger partial charge in [-0.05, 0) is 20.8 Å². The molecule has 34 heavy (non-hydrogen) atoms. The number of rotatable bonds is 12. The first kappa shape index (κ1) is 33.2. The van der Waals surface area contributed by atoms with Gasteiger partial charge in [-0.1, -0.05) is 11.3 Å². The molecule has 0 aromatic carbocycles. The van der Waals surface area contributed by atoms with E-state index < -0.39 is 39.9 Å². The first-order valence-corrected chi connectivity index (χ1v) is 15.3. The lowest BCUT2D eigenvalue weighted by atomic mass is 10.4. The van der Waals surface area contributed by atoms with Crippen LogP contribution in [0.1, 0.15) is 32.9 Å². The number of aromatic nitrogens is 1. The smallest absolute Gasteiger partial charge is 0.421 e. The Morgan fingerprint density at radius 1 is 0.912 bits per heavy atom. The van der Waals surface area contributed by atoms with E-state index in [4.69, 9.17) is 13.3 Å². The van der Waals surface area contributed by atoms with Crippen molar-refractivity contribution >= 4 is 40.2 Å². The number of alkyl halides is 6. The largest absolute Gasteiger partial charge is 0.501 e. The highest BCUT2D eigenvalue weighted by Crippen LogP contribution is 2.36. The second-order valence-electron chi connectivity index (χ2n) is 6.20. The average Bonchev–Trinajstić information content (AvgIpc) is 3.05. The number of thiazole rings is 1. The van der Waals surface area contributed by atoms with Crippen LogP contribution in [0.2, 0.25) is 6.04 Å². The van der Waals surface area contributed by atoms with Crippen LogP contribution in [0.15, 0.2) is 10.9 Å². The van der Waals surface area contributed by atoms with Gasteiger partial charge in [-0.25, -0.2) is 16.8 Å². The fourth-order valence-corrected chi connectivity index (χ4v) is 7.38. The molecule has 0 aliphatic rings. The molecule has 1 rings (SSSR count). The second kappa shape index (κ2) is 13.5. The van der Waals surface area contributed by atoms with Gasteiger partial charge in [0.05, 0.1) is 5.38 Å². The molecule has 202 valence electrons. The quantitative estimate of drug-likeness (QED) is 0.208. The molecule has 0 aliphatic carbocycles. The van der Waals surface area contributed by atoms with Crippen molar-refractivity contribution < 1.29 is 61.0 Å². The Bertz CT molecular complexity index is 893. The van der Waals surface area contributed by atoms with Crippen LogP contribution in [0.25, 0.3) is 4.13 Å². The van der Waals surface area contributed by atoms with Gasteiger partial charge in [-0.15, -0.1) is 0 Å². The maximum Gasteiger partial charge on any atom is 0.501 e. The summed E-state index contributed by atoms with van der Waals surface area (Å²) in [5.74, 6) is 0. The number of hydrogen-bond acceptors (Lipinski definition) is 8. The van der Waals surface area contributed by atoms with Gasteiger partial charge in [0.1, 0.15) is 6.54 Å². The standard InChI is InChI=1S/C13H26NO3SSi.C2F6NO4S2/c1-5-15-19(16-6-2,17-7-3)10-8-9-14-12-18-11-13(14)4;3-1(4,5)14(10,11)9-15(12,13)2(6,7)8/h11-12H,5-10H2,1-4H3;/q+1;-1. The van der Waals surface area contributed by atoms with Crippen molar-refractivity contribution in [2.24, 2.45) is 0 Å². The third-order valence-corrected chi connectivity index (χ3v) is 10.4. The molecule has 0 atom stereocenters. The number of hydrogen-bond donors (Lipinski definition) is 0. The van der Waals surface area contributed by atoms with E-state index in [1.165, 1.54) is 5.69 Å². The second-order valence-corrected chi connectivity index (χ2v) is 13.1. The summed E-state index contributed by atoms with van der Waals surface area (Å²) in [4.78, 5) is 0. The Morgan fingerprint density at radius 2 is 1.32 bits per heavy atom. The fourth-order valence-electron chi connectivity index (χ4n) is 2.26. The minimum Gasteiger partial charge on any atom is -0.421 e. The van der Waals surface area contributed by atoms with Gasteiger partial charge in [0.25, 0.3) is 0 Å². The molecule has 0 saturated carbocycles. The van der Waals surface area contributed by atoms with Gasteiger partial charge in [-0.2, -0.15) is 30.9 Å². The Morgan fingerprint density at radius 3 is 1.62 bits per heavy atom. The van der Waals surface area contributed by atoms with Gasteiger partial charge < -0.3 is 17.4 Å². The van der Waals surface area contributed by atoms with E-state index >= 15 is 0 Å². The summed E-state index contributed by atoms with van der Waals surface area (Å²) in [6.07, 6.45) is 1.02. The van der Waals surface area contributed by atoms with Gasteiger partial charge in [0.15, 0.2) is 25.7 Å². The summed E-state index contributed by atoms with van der Waals surface area (Å²) in [6.45, 7) is 11.1. The molecular formula is C15H26F6N2O7S3Si. The topological polar surface area (TPSA) is 114 Å². The molecule has 0 spiro atoms. The van der Waals surface area contributed by atoms with E-state index in [1.54, 1.807) is 11.3 Å². The molecule has 1 heterocycles. The Hall–Kier alpha value is -0.833. The third kappa shape index (κ3) is 10.4. The predicted octanol–water partition coefficient (Wildman–Crippen LogP) is 3.84. The van der Waals surface area contributed by atoms with Crippen LogP contribution in [-0.2, 0) is 39.9 Å². The Balaban J connectivity index is 0.000000661. The van der Waals surface area contributed by atoms with Crippen molar-refractivity contribution in [3.63, 3.8) is 0 Å². The van der Waals surface area contributed by atoms with Crippen LogP contribution < -0.4 is 4.57 Å². The molecule has 0 bridgehead atoms. The molecule has 0 unspecified atom stereocenters. The van der Waals surface area contributed by atoms with Crippen LogP contribution in [-0.4, -0.2) is 56.5 Å². The molecule has 0 N–H and O–H groups in total. The van der Waals surface area contributed by atoms with Crippen LogP contribution >= 0.6 is 11.3 Å². The van der Waals surface area contributed by atoms with E-state index in [9.17, 15) is 43.2 Å².